The van der Waals surface area contributed by atoms with Crippen molar-refractivity contribution in [2.45, 2.75) is 54.9 Å². The standard InChI is InChI=1S/C7H16.2CH4/c1-4-5-6-7(2)3;;/h7H,4-6H2,1-3H3;2*1H4. The van der Waals surface area contributed by atoms with Gasteiger partial charge in [0.05, 0.1) is 0 Å². The van der Waals surface area contributed by atoms with Crippen LogP contribution < -0.4 is 0 Å². The Bertz CT molecular complexity index is 29.0. The van der Waals surface area contributed by atoms with Crippen molar-refractivity contribution in [2.75, 3.05) is 0 Å². The molecule has 0 bridgehead atoms. The van der Waals surface area contributed by atoms with Crippen LogP contribution in [0.3, 0.4) is 0 Å². The van der Waals surface area contributed by atoms with Crippen molar-refractivity contribution >= 4 is 0 Å². The summed E-state index contributed by atoms with van der Waals surface area (Å²) in [6.07, 6.45) is 4.15. The normalized spacial score (nSPS) is 8.00. The van der Waals surface area contributed by atoms with Crippen LogP contribution in [0.1, 0.15) is 54.9 Å². The van der Waals surface area contributed by atoms with Crippen molar-refractivity contribution in [3.63, 3.8) is 0 Å². The van der Waals surface area contributed by atoms with Gasteiger partial charge in [-0.15, -0.1) is 0 Å². The molecule has 0 saturated heterocycles. The first-order valence-corrected chi connectivity index (χ1v) is 3.27. The van der Waals surface area contributed by atoms with Gasteiger partial charge in [0, 0.05) is 0 Å². The minimum Gasteiger partial charge on any atom is -0.0776 e. The van der Waals surface area contributed by atoms with E-state index in [2.05, 4.69) is 20.8 Å². The largest absolute Gasteiger partial charge is 0.0776 e. The molecule has 0 spiro atoms. The van der Waals surface area contributed by atoms with Crippen LogP contribution in [0.15, 0.2) is 0 Å². The average Bonchev–Trinajstić information content (AvgIpc) is 1.61. The number of hydrogen-bond acceptors (Lipinski definition) is 0. The van der Waals surface area contributed by atoms with Gasteiger partial charge in [-0.1, -0.05) is 54.9 Å². The maximum atomic E-state index is 2.27. The van der Waals surface area contributed by atoms with Crippen molar-refractivity contribution in [1.29, 1.82) is 0 Å². The molecule has 0 aliphatic rings. The van der Waals surface area contributed by atoms with E-state index in [1.165, 1.54) is 19.3 Å². The van der Waals surface area contributed by atoms with E-state index in [-0.39, 0.29) is 14.9 Å². The number of hydrogen-bond donors (Lipinski definition) is 0. The molecule has 0 fully saturated rings. The second-order valence-electron chi connectivity index (χ2n) is 2.54. The highest BCUT2D eigenvalue weighted by Crippen LogP contribution is 2.04. The van der Waals surface area contributed by atoms with E-state index in [9.17, 15) is 0 Å². The monoisotopic (exact) mass is 132 g/mol. The van der Waals surface area contributed by atoms with Crippen LogP contribution in [-0.2, 0) is 0 Å². The molecule has 0 aliphatic carbocycles. The Morgan fingerprint density at radius 2 is 1.56 bits per heavy atom. The molecule has 0 radical (unpaired) electrons. The maximum Gasteiger partial charge on any atom is -0.0471 e. The van der Waals surface area contributed by atoms with Gasteiger partial charge in [0.25, 0.3) is 0 Å². The lowest BCUT2D eigenvalue weighted by atomic mass is 10.1. The van der Waals surface area contributed by atoms with Crippen molar-refractivity contribution in [3.8, 4) is 0 Å². The summed E-state index contributed by atoms with van der Waals surface area (Å²) in [6.45, 7) is 6.79. The van der Waals surface area contributed by atoms with Crippen LogP contribution in [0.2, 0.25) is 0 Å². The van der Waals surface area contributed by atoms with Gasteiger partial charge >= 0.3 is 0 Å². The molecule has 0 aliphatic heterocycles. The van der Waals surface area contributed by atoms with Crippen LogP contribution >= 0.6 is 0 Å². The van der Waals surface area contributed by atoms with Gasteiger partial charge in [-0.05, 0) is 5.92 Å². The summed E-state index contributed by atoms with van der Waals surface area (Å²) in [7, 11) is 0. The van der Waals surface area contributed by atoms with Crippen molar-refractivity contribution < 1.29 is 0 Å². The van der Waals surface area contributed by atoms with Gasteiger partial charge in [0.2, 0.25) is 0 Å². The summed E-state index contributed by atoms with van der Waals surface area (Å²) in [5.74, 6) is 0.903. The molecule has 0 rings (SSSR count). The zero-order chi connectivity index (χ0) is 5.70. The van der Waals surface area contributed by atoms with E-state index >= 15 is 0 Å². The predicted molar refractivity (Wildman–Crippen MR) is 47.8 cm³/mol. The molecule has 9 heavy (non-hydrogen) atoms. The molecular weight excluding hydrogens is 108 g/mol. The summed E-state index contributed by atoms with van der Waals surface area (Å²) in [5.41, 5.74) is 0. The quantitative estimate of drug-likeness (QED) is 0.542. The summed E-state index contributed by atoms with van der Waals surface area (Å²) >= 11 is 0. The molecule has 0 nitrogen and oxygen atoms in total. The Morgan fingerprint density at radius 3 is 1.67 bits per heavy atom. The Labute approximate surface area is 61.7 Å². The Balaban J connectivity index is -0.000000180. The molecule has 0 aromatic carbocycles. The number of rotatable bonds is 3. The molecule has 0 unspecified atom stereocenters. The topological polar surface area (TPSA) is 0 Å². The van der Waals surface area contributed by atoms with Crippen LogP contribution in [-0.4, -0.2) is 0 Å². The molecule has 0 N–H and O–H groups in total. The Hall–Kier alpha value is 0. The molecule has 0 aromatic rings. The first kappa shape index (κ1) is 16.0. The van der Waals surface area contributed by atoms with E-state index in [1.807, 2.05) is 0 Å². The van der Waals surface area contributed by atoms with E-state index in [1.54, 1.807) is 0 Å². The zero-order valence-corrected chi connectivity index (χ0v) is 5.70. The predicted octanol–water partition coefficient (Wildman–Crippen LogP) is 4.10. The maximum absolute atomic E-state index is 2.27. The van der Waals surface area contributed by atoms with Crippen molar-refractivity contribution in [3.05, 3.63) is 0 Å². The molecular formula is C9H24. The average molecular weight is 132 g/mol. The summed E-state index contributed by atoms with van der Waals surface area (Å²) < 4.78 is 0. The summed E-state index contributed by atoms with van der Waals surface area (Å²) in [6, 6.07) is 0. The molecule has 0 atom stereocenters. The lowest BCUT2D eigenvalue weighted by molar-refractivity contribution is 0.550. The SMILES string of the molecule is C.C.CCCCC(C)C. The second-order valence-corrected chi connectivity index (χ2v) is 2.54. The molecule has 0 saturated carbocycles. The molecule has 0 amide bonds. The van der Waals surface area contributed by atoms with Gasteiger partial charge in [-0.2, -0.15) is 0 Å². The van der Waals surface area contributed by atoms with Crippen LogP contribution in [0.4, 0.5) is 0 Å². The fourth-order valence-electron chi connectivity index (χ4n) is 0.612. The zero-order valence-electron chi connectivity index (χ0n) is 5.70. The lowest BCUT2D eigenvalue weighted by Crippen LogP contribution is -1.83. The Kier molecular flexibility index (Phi) is 19.4. The molecule has 60 valence electrons. The fourth-order valence-corrected chi connectivity index (χ4v) is 0.612. The first-order valence-electron chi connectivity index (χ1n) is 3.27. The van der Waals surface area contributed by atoms with E-state index in [4.69, 9.17) is 0 Å². The minimum absolute atomic E-state index is 0. The Morgan fingerprint density at radius 1 is 1.11 bits per heavy atom. The molecule has 0 heteroatoms. The highest BCUT2D eigenvalue weighted by molar-refractivity contribution is 4.42. The molecule has 0 heterocycles. The summed E-state index contributed by atoms with van der Waals surface area (Å²) in [5, 5.41) is 0. The van der Waals surface area contributed by atoms with E-state index in [0.29, 0.717) is 0 Å². The summed E-state index contributed by atoms with van der Waals surface area (Å²) in [4.78, 5) is 0. The third kappa shape index (κ3) is 18.0. The van der Waals surface area contributed by atoms with Gasteiger partial charge in [0.1, 0.15) is 0 Å². The molecule has 0 aromatic heterocycles. The van der Waals surface area contributed by atoms with Gasteiger partial charge in [-0.3, -0.25) is 0 Å². The van der Waals surface area contributed by atoms with Crippen molar-refractivity contribution in [2.24, 2.45) is 5.92 Å². The highest BCUT2D eigenvalue weighted by atomic mass is 13.9. The van der Waals surface area contributed by atoms with Gasteiger partial charge in [-0.25, -0.2) is 0 Å². The second kappa shape index (κ2) is 10.9. The fraction of sp³-hybridized carbons (Fsp3) is 1.00. The number of unbranched alkanes of at least 4 members (excludes halogenated alkanes) is 1. The van der Waals surface area contributed by atoms with E-state index < -0.39 is 0 Å². The minimum atomic E-state index is 0. The van der Waals surface area contributed by atoms with Crippen LogP contribution in [0.5, 0.6) is 0 Å². The smallest absolute Gasteiger partial charge is 0.0471 e. The first-order chi connectivity index (χ1) is 3.27. The third-order valence-electron chi connectivity index (χ3n) is 1.14. The van der Waals surface area contributed by atoms with Gasteiger partial charge in [0.15, 0.2) is 0 Å². The highest BCUT2D eigenvalue weighted by Gasteiger charge is 1.88. The third-order valence-corrected chi connectivity index (χ3v) is 1.14. The van der Waals surface area contributed by atoms with Crippen molar-refractivity contribution in [1.82, 2.24) is 0 Å². The van der Waals surface area contributed by atoms with Gasteiger partial charge < -0.3 is 0 Å². The van der Waals surface area contributed by atoms with E-state index in [0.717, 1.165) is 5.92 Å². The lowest BCUT2D eigenvalue weighted by Gasteiger charge is -1.98. The van der Waals surface area contributed by atoms with Crippen LogP contribution in [0, 0.1) is 5.92 Å². The van der Waals surface area contributed by atoms with Crippen LogP contribution in [0.25, 0.3) is 0 Å².